The van der Waals surface area contributed by atoms with Gasteiger partial charge in [0.1, 0.15) is 17.3 Å². The predicted molar refractivity (Wildman–Crippen MR) is 131 cm³/mol. The first-order valence-electron chi connectivity index (χ1n) is 11.4. The van der Waals surface area contributed by atoms with E-state index in [0.717, 1.165) is 48.6 Å². The monoisotopic (exact) mass is 445 g/mol. The zero-order valence-corrected chi connectivity index (χ0v) is 19.2. The van der Waals surface area contributed by atoms with Gasteiger partial charge in [0.25, 0.3) is 0 Å². The van der Waals surface area contributed by atoms with E-state index < -0.39 is 0 Å². The number of para-hydroxylation sites is 1. The summed E-state index contributed by atoms with van der Waals surface area (Å²) in [6.45, 7) is 0. The lowest BCUT2D eigenvalue weighted by molar-refractivity contribution is -0.121. The summed E-state index contributed by atoms with van der Waals surface area (Å²) in [6, 6.07) is 19.8. The average molecular weight is 446 g/mol. The molecule has 2 N–H and O–H groups in total. The number of carbonyl (C=O) groups is 1. The number of hydrogen-bond acceptors (Lipinski definition) is 6. The molecular weight excluding hydrogens is 414 g/mol. The Morgan fingerprint density at radius 2 is 1.61 bits per heavy atom. The standard InChI is InChI=1S/C26H31N5O2/c1-31(2)24-16-17-27-26(30-24)29-21-12-10-20(11-13-21)28-25(32)18-19-8-14-23(15-9-19)33-22-6-4-3-5-7-22/h3-9,14-17,20-21H,10-13,18H2,1-2H3,(H,28,32)(H,27,29,30). The maximum Gasteiger partial charge on any atom is 0.224 e. The van der Waals surface area contributed by atoms with E-state index in [9.17, 15) is 4.79 Å². The van der Waals surface area contributed by atoms with Gasteiger partial charge in [-0.25, -0.2) is 4.98 Å². The number of ether oxygens (including phenoxy) is 1. The van der Waals surface area contributed by atoms with Gasteiger partial charge in [0.05, 0.1) is 6.42 Å². The SMILES string of the molecule is CN(C)c1ccnc(NC2CCC(NC(=O)Cc3ccc(Oc4ccccc4)cc3)CC2)n1. The fraction of sp³-hybridized carbons (Fsp3) is 0.346. The molecule has 0 radical (unpaired) electrons. The molecule has 1 aromatic heterocycles. The van der Waals surface area contributed by atoms with Crippen LogP contribution in [0.2, 0.25) is 0 Å². The lowest BCUT2D eigenvalue weighted by atomic mass is 9.91. The molecule has 1 aliphatic rings. The second-order valence-corrected chi connectivity index (χ2v) is 8.63. The minimum atomic E-state index is 0.0603. The highest BCUT2D eigenvalue weighted by Crippen LogP contribution is 2.23. The summed E-state index contributed by atoms with van der Waals surface area (Å²) >= 11 is 0. The summed E-state index contributed by atoms with van der Waals surface area (Å²) in [7, 11) is 3.93. The second kappa shape index (κ2) is 10.8. The van der Waals surface area contributed by atoms with Crippen LogP contribution in [-0.4, -0.2) is 42.1 Å². The van der Waals surface area contributed by atoms with Gasteiger partial charge in [-0.1, -0.05) is 30.3 Å². The second-order valence-electron chi connectivity index (χ2n) is 8.63. The van der Waals surface area contributed by atoms with Crippen molar-refractivity contribution in [2.75, 3.05) is 24.3 Å². The van der Waals surface area contributed by atoms with E-state index in [0.29, 0.717) is 18.4 Å². The number of carbonyl (C=O) groups excluding carboxylic acids is 1. The Labute approximate surface area is 195 Å². The van der Waals surface area contributed by atoms with E-state index in [1.165, 1.54) is 0 Å². The summed E-state index contributed by atoms with van der Waals surface area (Å²) in [4.78, 5) is 23.4. The normalized spacial score (nSPS) is 17.8. The van der Waals surface area contributed by atoms with Crippen LogP contribution in [0.25, 0.3) is 0 Å². The van der Waals surface area contributed by atoms with Gasteiger partial charge in [0, 0.05) is 32.4 Å². The van der Waals surface area contributed by atoms with Crippen molar-refractivity contribution in [1.29, 1.82) is 0 Å². The van der Waals surface area contributed by atoms with Gasteiger partial charge in [0.15, 0.2) is 0 Å². The molecule has 1 heterocycles. The maximum atomic E-state index is 12.5. The van der Waals surface area contributed by atoms with Crippen LogP contribution < -0.4 is 20.3 Å². The van der Waals surface area contributed by atoms with Crippen molar-refractivity contribution in [3.63, 3.8) is 0 Å². The fourth-order valence-electron chi connectivity index (χ4n) is 4.00. The summed E-state index contributed by atoms with van der Waals surface area (Å²) in [6.07, 6.45) is 5.99. The quantitative estimate of drug-likeness (QED) is 0.534. The molecule has 1 aliphatic carbocycles. The third-order valence-corrected chi connectivity index (χ3v) is 5.79. The Hall–Kier alpha value is -3.61. The Morgan fingerprint density at radius 1 is 0.939 bits per heavy atom. The molecule has 7 nitrogen and oxygen atoms in total. The first-order valence-corrected chi connectivity index (χ1v) is 11.4. The van der Waals surface area contributed by atoms with Gasteiger partial charge in [-0.15, -0.1) is 0 Å². The summed E-state index contributed by atoms with van der Waals surface area (Å²) in [5.74, 6) is 3.16. The molecule has 1 amide bonds. The van der Waals surface area contributed by atoms with Crippen LogP contribution in [0.4, 0.5) is 11.8 Å². The topological polar surface area (TPSA) is 79.4 Å². The molecule has 2 aromatic carbocycles. The minimum absolute atomic E-state index is 0.0603. The Morgan fingerprint density at radius 3 is 2.30 bits per heavy atom. The molecule has 3 aromatic rings. The number of anilines is 2. The number of amides is 1. The average Bonchev–Trinajstić information content (AvgIpc) is 2.82. The highest BCUT2D eigenvalue weighted by atomic mass is 16.5. The predicted octanol–water partition coefficient (Wildman–Crippen LogP) is 4.42. The molecule has 1 fully saturated rings. The Bertz CT molecular complexity index is 1030. The largest absolute Gasteiger partial charge is 0.457 e. The molecule has 7 heteroatoms. The molecule has 172 valence electrons. The van der Waals surface area contributed by atoms with E-state index in [1.54, 1.807) is 6.20 Å². The first-order chi connectivity index (χ1) is 16.0. The minimum Gasteiger partial charge on any atom is -0.457 e. The smallest absolute Gasteiger partial charge is 0.224 e. The van der Waals surface area contributed by atoms with E-state index in [2.05, 4.69) is 20.6 Å². The molecule has 1 saturated carbocycles. The molecule has 0 bridgehead atoms. The van der Waals surface area contributed by atoms with Crippen LogP contribution in [-0.2, 0) is 11.2 Å². The zero-order chi connectivity index (χ0) is 23.0. The van der Waals surface area contributed by atoms with Crippen molar-refractivity contribution in [1.82, 2.24) is 15.3 Å². The molecule has 33 heavy (non-hydrogen) atoms. The van der Waals surface area contributed by atoms with E-state index >= 15 is 0 Å². The van der Waals surface area contributed by atoms with Crippen LogP contribution in [0.3, 0.4) is 0 Å². The van der Waals surface area contributed by atoms with Gasteiger partial charge < -0.3 is 20.3 Å². The number of aromatic nitrogens is 2. The fourth-order valence-corrected chi connectivity index (χ4v) is 4.00. The van der Waals surface area contributed by atoms with Gasteiger partial charge >= 0.3 is 0 Å². The summed E-state index contributed by atoms with van der Waals surface area (Å²) in [5, 5.41) is 6.63. The highest BCUT2D eigenvalue weighted by molar-refractivity contribution is 5.78. The van der Waals surface area contributed by atoms with Crippen molar-refractivity contribution < 1.29 is 9.53 Å². The number of rotatable bonds is 8. The first kappa shape index (κ1) is 22.6. The Kier molecular flexibility index (Phi) is 7.40. The molecule has 0 aliphatic heterocycles. The van der Waals surface area contributed by atoms with Crippen LogP contribution in [0.5, 0.6) is 11.5 Å². The lowest BCUT2D eigenvalue weighted by Crippen LogP contribution is -2.40. The van der Waals surface area contributed by atoms with Crippen LogP contribution >= 0.6 is 0 Å². The van der Waals surface area contributed by atoms with E-state index in [1.807, 2.05) is 79.7 Å². The summed E-state index contributed by atoms with van der Waals surface area (Å²) < 4.78 is 5.81. The van der Waals surface area contributed by atoms with Crippen LogP contribution in [0.1, 0.15) is 31.2 Å². The van der Waals surface area contributed by atoms with Crippen LogP contribution in [0.15, 0.2) is 66.9 Å². The molecule has 0 saturated heterocycles. The van der Waals surface area contributed by atoms with Crippen molar-refractivity contribution in [3.05, 3.63) is 72.4 Å². The third kappa shape index (κ3) is 6.68. The number of hydrogen-bond donors (Lipinski definition) is 2. The van der Waals surface area contributed by atoms with Crippen molar-refractivity contribution in [2.45, 2.75) is 44.2 Å². The lowest BCUT2D eigenvalue weighted by Gasteiger charge is -2.29. The van der Waals surface area contributed by atoms with Gasteiger partial charge in [-0.2, -0.15) is 4.98 Å². The van der Waals surface area contributed by atoms with Crippen molar-refractivity contribution >= 4 is 17.7 Å². The highest BCUT2D eigenvalue weighted by Gasteiger charge is 2.23. The summed E-state index contributed by atoms with van der Waals surface area (Å²) in [5.41, 5.74) is 0.973. The molecule has 0 unspecified atom stereocenters. The molecular formula is C26H31N5O2. The van der Waals surface area contributed by atoms with Crippen molar-refractivity contribution in [3.8, 4) is 11.5 Å². The molecule has 0 atom stereocenters. The number of nitrogens with one attached hydrogen (secondary N) is 2. The molecule has 4 rings (SSSR count). The van der Waals surface area contributed by atoms with E-state index in [-0.39, 0.29) is 11.9 Å². The maximum absolute atomic E-state index is 12.5. The van der Waals surface area contributed by atoms with Gasteiger partial charge in [0.2, 0.25) is 11.9 Å². The zero-order valence-electron chi connectivity index (χ0n) is 19.2. The number of nitrogens with zero attached hydrogens (tertiary/aromatic N) is 3. The number of benzene rings is 2. The van der Waals surface area contributed by atoms with E-state index in [4.69, 9.17) is 4.74 Å². The van der Waals surface area contributed by atoms with Crippen LogP contribution in [0, 0.1) is 0 Å². The molecule has 0 spiro atoms. The van der Waals surface area contributed by atoms with Crippen molar-refractivity contribution in [2.24, 2.45) is 0 Å². The van der Waals surface area contributed by atoms with Gasteiger partial charge in [-0.3, -0.25) is 4.79 Å². The third-order valence-electron chi connectivity index (χ3n) is 5.79. The van der Waals surface area contributed by atoms with Gasteiger partial charge in [-0.05, 0) is 61.6 Å². The Balaban J connectivity index is 1.20.